The summed E-state index contributed by atoms with van der Waals surface area (Å²) in [5.41, 5.74) is 2.05. The van der Waals surface area contributed by atoms with Gasteiger partial charge in [-0.1, -0.05) is 89.4 Å². The normalized spacial score (nSPS) is 19.5. The van der Waals surface area contributed by atoms with Gasteiger partial charge in [-0.3, -0.25) is 0 Å². The van der Waals surface area contributed by atoms with Crippen molar-refractivity contribution in [2.24, 2.45) is 5.92 Å². The fourth-order valence-corrected chi connectivity index (χ4v) is 6.21. The number of nitrogens with zero attached hydrogens (tertiary/aromatic N) is 1. The fraction of sp³-hybridized carbons (Fsp3) is 0.429. The summed E-state index contributed by atoms with van der Waals surface area (Å²) >= 11 is 0. The minimum Gasteiger partial charge on any atom is -0.338 e. The Morgan fingerprint density at radius 2 is 1.46 bits per heavy atom. The standard InChI is InChI=1S/C26H34N3O3S.2CH2/c30-26(28-24-11-7-2-1-3-8-12-24)27-19-21-17-18-29(20-21)33(31,32)25-15-13-23(14-16-25)22-9-5-4-6-10-22;;/h4-6,9-10,13-16,21H,1-3,7-8,11-12,17-20H2,(H2,27,28,30);2*1H2. The SMILES string of the molecule is O=C(NCC1CCN(S(=O)(=O)c2ccc(-c3ccccc3)cc2)C1)N[C]1CCCCCCC1.[CH2].[CH2]. The van der Waals surface area contributed by atoms with E-state index >= 15 is 0 Å². The molecule has 1 aliphatic heterocycles. The molecule has 4 rings (SSSR count). The molecular formula is C28H38N3O3S. The average molecular weight is 497 g/mol. The predicted octanol–water partition coefficient (Wildman–Crippen LogP) is 5.59. The second kappa shape index (κ2) is 13.6. The van der Waals surface area contributed by atoms with E-state index in [1.165, 1.54) is 19.3 Å². The van der Waals surface area contributed by atoms with Gasteiger partial charge in [0, 0.05) is 19.6 Å². The van der Waals surface area contributed by atoms with Crippen LogP contribution in [0, 0.1) is 26.8 Å². The van der Waals surface area contributed by atoms with Crippen LogP contribution in [0.25, 0.3) is 11.1 Å². The van der Waals surface area contributed by atoms with Crippen LogP contribution in [0.3, 0.4) is 0 Å². The molecule has 2 aromatic rings. The minimum atomic E-state index is -3.54. The summed E-state index contributed by atoms with van der Waals surface area (Å²) in [6.45, 7) is 1.39. The number of sulfonamides is 1. The van der Waals surface area contributed by atoms with Gasteiger partial charge in [-0.15, -0.1) is 0 Å². The zero-order valence-corrected chi connectivity index (χ0v) is 21.4. The third-order valence-corrected chi connectivity index (χ3v) is 8.53. The number of rotatable bonds is 6. The summed E-state index contributed by atoms with van der Waals surface area (Å²) in [6.07, 6.45) is 8.70. The number of hydrogen-bond acceptors (Lipinski definition) is 3. The smallest absolute Gasteiger partial charge is 0.315 e. The van der Waals surface area contributed by atoms with Crippen LogP contribution in [-0.4, -0.2) is 38.4 Å². The van der Waals surface area contributed by atoms with Gasteiger partial charge in [-0.25, -0.2) is 13.2 Å². The number of amides is 2. The molecule has 1 unspecified atom stereocenters. The van der Waals surface area contributed by atoms with Crippen molar-refractivity contribution in [3.63, 3.8) is 0 Å². The van der Waals surface area contributed by atoms with E-state index in [-0.39, 0.29) is 26.8 Å². The summed E-state index contributed by atoms with van der Waals surface area (Å²) < 4.78 is 27.8. The molecule has 2 aromatic carbocycles. The molecule has 6 nitrogen and oxygen atoms in total. The van der Waals surface area contributed by atoms with Gasteiger partial charge < -0.3 is 10.6 Å². The quantitative estimate of drug-likeness (QED) is 0.547. The van der Waals surface area contributed by atoms with Crippen molar-refractivity contribution in [2.45, 2.75) is 56.3 Å². The first kappa shape index (κ1) is 28.9. The second-order valence-corrected chi connectivity index (χ2v) is 11.1. The molecule has 2 N–H and O–H groups in total. The molecule has 189 valence electrons. The van der Waals surface area contributed by atoms with Crippen molar-refractivity contribution >= 4 is 16.1 Å². The first-order valence-corrected chi connectivity index (χ1v) is 13.5. The summed E-state index contributed by atoms with van der Waals surface area (Å²) in [4.78, 5) is 12.7. The molecule has 1 heterocycles. The Morgan fingerprint density at radius 3 is 2.11 bits per heavy atom. The highest BCUT2D eigenvalue weighted by Gasteiger charge is 2.32. The van der Waals surface area contributed by atoms with Crippen molar-refractivity contribution in [2.75, 3.05) is 19.6 Å². The van der Waals surface area contributed by atoms with Crippen LogP contribution >= 0.6 is 0 Å². The highest BCUT2D eigenvalue weighted by molar-refractivity contribution is 7.89. The van der Waals surface area contributed by atoms with Crippen molar-refractivity contribution in [3.8, 4) is 11.1 Å². The fourth-order valence-electron chi connectivity index (χ4n) is 4.68. The van der Waals surface area contributed by atoms with Crippen LogP contribution in [0.15, 0.2) is 59.5 Å². The van der Waals surface area contributed by atoms with Crippen LogP contribution in [0.4, 0.5) is 4.79 Å². The van der Waals surface area contributed by atoms with Crippen molar-refractivity contribution in [1.82, 2.24) is 14.9 Å². The van der Waals surface area contributed by atoms with Crippen LogP contribution in [0.5, 0.6) is 0 Å². The van der Waals surface area contributed by atoms with Gasteiger partial charge in [0.15, 0.2) is 0 Å². The van der Waals surface area contributed by atoms with Crippen molar-refractivity contribution < 1.29 is 13.2 Å². The Bertz CT molecular complexity index is 1000. The van der Waals surface area contributed by atoms with Crippen LogP contribution in [0.2, 0.25) is 0 Å². The first-order valence-electron chi connectivity index (χ1n) is 12.1. The first-order chi connectivity index (χ1) is 16.0. The third-order valence-electron chi connectivity index (χ3n) is 6.65. The molecule has 35 heavy (non-hydrogen) atoms. The number of hydrogen-bond donors (Lipinski definition) is 2. The monoisotopic (exact) mass is 496 g/mol. The Hall–Kier alpha value is -2.38. The molecule has 2 fully saturated rings. The van der Waals surface area contributed by atoms with Gasteiger partial charge in [0.05, 0.1) is 10.9 Å². The van der Waals surface area contributed by atoms with Gasteiger partial charge in [0.25, 0.3) is 0 Å². The summed E-state index contributed by atoms with van der Waals surface area (Å²) in [6, 6.07) is 18.0. The van der Waals surface area contributed by atoms with Crippen LogP contribution in [-0.2, 0) is 10.0 Å². The molecule has 2 aliphatic rings. The second-order valence-electron chi connectivity index (χ2n) is 9.11. The van der Waals surface area contributed by atoms with Gasteiger partial charge in [-0.2, -0.15) is 4.31 Å². The summed E-state index contributed by atoms with van der Waals surface area (Å²) in [7, 11) is -3.54. The Kier molecular flexibility index (Phi) is 11.2. The Morgan fingerprint density at radius 1 is 0.857 bits per heavy atom. The van der Waals surface area contributed by atoms with Crippen LogP contribution in [0.1, 0.15) is 51.4 Å². The number of nitrogens with one attached hydrogen (secondary N) is 2. The Labute approximate surface area is 212 Å². The molecule has 7 heteroatoms. The maximum Gasteiger partial charge on any atom is 0.315 e. The van der Waals surface area contributed by atoms with Crippen molar-refractivity contribution in [3.05, 3.63) is 75.5 Å². The maximum atomic E-state index is 13.1. The highest BCUT2D eigenvalue weighted by Crippen LogP contribution is 2.27. The zero-order chi connectivity index (χ0) is 23.1. The molecule has 1 saturated heterocycles. The van der Waals surface area contributed by atoms with E-state index in [2.05, 4.69) is 10.6 Å². The number of urea groups is 1. The lowest BCUT2D eigenvalue weighted by molar-refractivity contribution is 0.238. The van der Waals surface area contributed by atoms with E-state index in [0.717, 1.165) is 49.3 Å². The largest absolute Gasteiger partial charge is 0.338 e. The molecule has 5 radical (unpaired) electrons. The summed E-state index contributed by atoms with van der Waals surface area (Å²) in [5, 5.41) is 5.98. The van der Waals surface area contributed by atoms with Gasteiger partial charge >= 0.3 is 6.03 Å². The van der Waals surface area contributed by atoms with E-state index in [1.807, 2.05) is 42.5 Å². The highest BCUT2D eigenvalue weighted by atomic mass is 32.2. The third kappa shape index (κ3) is 7.80. The topological polar surface area (TPSA) is 78.5 Å². The van der Waals surface area contributed by atoms with E-state index < -0.39 is 10.0 Å². The molecule has 1 atom stereocenters. The predicted molar refractivity (Wildman–Crippen MR) is 142 cm³/mol. The van der Waals surface area contributed by atoms with E-state index in [4.69, 9.17) is 0 Å². The van der Waals surface area contributed by atoms with Gasteiger partial charge in [0.1, 0.15) is 0 Å². The lowest BCUT2D eigenvalue weighted by atomic mass is 9.97. The zero-order valence-electron chi connectivity index (χ0n) is 20.5. The molecule has 1 saturated carbocycles. The van der Waals surface area contributed by atoms with Crippen LogP contribution < -0.4 is 10.6 Å². The van der Waals surface area contributed by atoms with Gasteiger partial charge in [0.2, 0.25) is 10.0 Å². The maximum absolute atomic E-state index is 13.1. The number of benzene rings is 2. The molecule has 0 bridgehead atoms. The van der Waals surface area contributed by atoms with E-state index in [9.17, 15) is 13.2 Å². The molecular weight excluding hydrogens is 458 g/mol. The Balaban J connectivity index is 0.00000216. The summed E-state index contributed by atoms with van der Waals surface area (Å²) in [5.74, 6) is 0.122. The molecule has 0 spiro atoms. The van der Waals surface area contributed by atoms with E-state index in [0.29, 0.717) is 24.5 Å². The van der Waals surface area contributed by atoms with Gasteiger partial charge in [-0.05, 0) is 48.4 Å². The van der Waals surface area contributed by atoms with Crippen molar-refractivity contribution in [1.29, 1.82) is 0 Å². The molecule has 1 aliphatic carbocycles. The molecule has 0 aromatic heterocycles. The lowest BCUT2D eigenvalue weighted by Crippen LogP contribution is -2.41. The number of carbonyl (C=O) groups excluding carboxylic acids is 1. The number of carbonyl (C=O) groups is 1. The van der Waals surface area contributed by atoms with E-state index in [1.54, 1.807) is 16.4 Å². The lowest BCUT2D eigenvalue weighted by Gasteiger charge is -2.21. The minimum absolute atomic E-state index is 0. The average Bonchev–Trinajstić information content (AvgIpc) is 3.30. The molecule has 2 amide bonds.